The standard InChI is InChI=1S/C27H32N2OS/c1-19-17-23(27(30-2)31-19)18-28-25-22-13-15-29(16-14-22)26(25)24(20-9-5-3-6-10-20)21-11-7-4-8-12-21/h3-12,17,22,24-26,28H,13-16,18H2,1-2H3/t25-,26-/m0/s1. The van der Waals surface area contributed by atoms with Crippen molar-refractivity contribution in [2.75, 3.05) is 20.2 Å². The van der Waals surface area contributed by atoms with Gasteiger partial charge in [-0.2, -0.15) is 0 Å². The third-order valence-corrected chi connectivity index (χ3v) is 8.19. The summed E-state index contributed by atoms with van der Waals surface area (Å²) in [5, 5.41) is 5.06. The van der Waals surface area contributed by atoms with E-state index in [2.05, 4.69) is 83.9 Å². The highest BCUT2D eigenvalue weighted by atomic mass is 32.1. The molecule has 2 bridgehead atoms. The number of piperidine rings is 3. The Labute approximate surface area is 190 Å². The van der Waals surface area contributed by atoms with E-state index in [0.29, 0.717) is 18.0 Å². The fourth-order valence-corrected chi connectivity index (χ4v) is 6.60. The van der Waals surface area contributed by atoms with Gasteiger partial charge in [0.15, 0.2) is 5.06 Å². The van der Waals surface area contributed by atoms with Crippen LogP contribution in [0.1, 0.15) is 40.3 Å². The number of hydrogen-bond donors (Lipinski definition) is 1. The van der Waals surface area contributed by atoms with Gasteiger partial charge in [-0.15, -0.1) is 11.3 Å². The van der Waals surface area contributed by atoms with Crippen molar-refractivity contribution in [1.29, 1.82) is 0 Å². The Morgan fingerprint density at radius 2 is 1.61 bits per heavy atom. The van der Waals surface area contributed by atoms with Crippen LogP contribution >= 0.6 is 11.3 Å². The molecule has 0 amide bonds. The maximum atomic E-state index is 5.65. The topological polar surface area (TPSA) is 24.5 Å². The van der Waals surface area contributed by atoms with Crippen LogP contribution in [0.5, 0.6) is 5.06 Å². The number of nitrogens with one attached hydrogen (secondary N) is 1. The predicted octanol–water partition coefficient (Wildman–Crippen LogP) is 5.45. The quantitative estimate of drug-likeness (QED) is 0.537. The van der Waals surface area contributed by atoms with Gasteiger partial charge in [-0.05, 0) is 56.0 Å². The molecule has 0 spiro atoms. The normalized spacial score (nSPS) is 25.1. The highest BCUT2D eigenvalue weighted by Gasteiger charge is 2.46. The van der Waals surface area contributed by atoms with E-state index in [1.165, 1.54) is 47.5 Å². The minimum absolute atomic E-state index is 0.370. The van der Waals surface area contributed by atoms with Gasteiger partial charge < -0.3 is 10.1 Å². The van der Waals surface area contributed by atoms with E-state index in [1.54, 1.807) is 18.4 Å². The Hall–Kier alpha value is -2.14. The van der Waals surface area contributed by atoms with E-state index in [1.807, 2.05) is 0 Å². The number of fused-ring (bicyclic) bond motifs is 3. The molecule has 0 aliphatic carbocycles. The van der Waals surface area contributed by atoms with E-state index in [0.717, 1.165) is 17.5 Å². The molecule has 3 fully saturated rings. The lowest BCUT2D eigenvalue weighted by molar-refractivity contribution is 0.00464. The monoisotopic (exact) mass is 432 g/mol. The van der Waals surface area contributed by atoms with Crippen molar-refractivity contribution in [3.63, 3.8) is 0 Å². The van der Waals surface area contributed by atoms with Gasteiger partial charge in [0, 0.05) is 35.0 Å². The number of methoxy groups -OCH3 is 1. The molecule has 3 saturated heterocycles. The molecule has 6 rings (SSSR count). The van der Waals surface area contributed by atoms with E-state index in [4.69, 9.17) is 4.74 Å². The zero-order chi connectivity index (χ0) is 21.2. The molecular formula is C27H32N2OS. The van der Waals surface area contributed by atoms with Crippen LogP contribution in [0, 0.1) is 12.8 Å². The van der Waals surface area contributed by atoms with Crippen LogP contribution in [-0.2, 0) is 6.54 Å². The van der Waals surface area contributed by atoms with Crippen LogP contribution in [-0.4, -0.2) is 37.2 Å². The van der Waals surface area contributed by atoms with Crippen molar-refractivity contribution >= 4 is 11.3 Å². The first-order valence-electron chi connectivity index (χ1n) is 11.4. The Bertz CT molecular complexity index is 939. The molecule has 1 N–H and O–H groups in total. The third-order valence-electron chi connectivity index (χ3n) is 7.14. The zero-order valence-electron chi connectivity index (χ0n) is 18.5. The van der Waals surface area contributed by atoms with E-state index >= 15 is 0 Å². The minimum atomic E-state index is 0.370. The van der Waals surface area contributed by atoms with Crippen LogP contribution in [0.3, 0.4) is 0 Å². The number of rotatable bonds is 7. The molecule has 3 aromatic rings. The van der Waals surface area contributed by atoms with Gasteiger partial charge in [-0.3, -0.25) is 4.90 Å². The largest absolute Gasteiger partial charge is 0.487 e. The Morgan fingerprint density at radius 3 is 2.19 bits per heavy atom. The molecule has 3 aliphatic rings. The van der Waals surface area contributed by atoms with Crippen molar-refractivity contribution in [1.82, 2.24) is 10.2 Å². The smallest absolute Gasteiger partial charge is 0.178 e. The molecule has 1 aromatic heterocycles. The lowest BCUT2D eigenvalue weighted by Crippen LogP contribution is -2.64. The van der Waals surface area contributed by atoms with E-state index in [9.17, 15) is 0 Å². The molecule has 4 heteroatoms. The summed E-state index contributed by atoms with van der Waals surface area (Å²) in [6, 6.07) is 25.4. The second-order valence-electron chi connectivity index (χ2n) is 8.94. The van der Waals surface area contributed by atoms with E-state index in [-0.39, 0.29) is 0 Å². The number of nitrogens with zero attached hydrogens (tertiary/aromatic N) is 1. The van der Waals surface area contributed by atoms with Gasteiger partial charge in [-0.1, -0.05) is 60.7 Å². The summed E-state index contributed by atoms with van der Waals surface area (Å²) in [6.45, 7) is 5.46. The molecule has 3 nitrogen and oxygen atoms in total. The number of ether oxygens (including phenoxy) is 1. The summed E-state index contributed by atoms with van der Waals surface area (Å²) in [6.07, 6.45) is 2.59. The van der Waals surface area contributed by atoms with Gasteiger partial charge in [0.2, 0.25) is 0 Å². The summed E-state index contributed by atoms with van der Waals surface area (Å²) in [5.74, 6) is 1.10. The Kier molecular flexibility index (Phi) is 6.13. The summed E-state index contributed by atoms with van der Waals surface area (Å²) in [4.78, 5) is 4.06. The maximum Gasteiger partial charge on any atom is 0.178 e. The van der Waals surface area contributed by atoms with E-state index < -0.39 is 0 Å². The molecule has 0 unspecified atom stereocenters. The predicted molar refractivity (Wildman–Crippen MR) is 129 cm³/mol. The van der Waals surface area contributed by atoms with Gasteiger partial charge in [0.25, 0.3) is 0 Å². The molecule has 0 saturated carbocycles. The Balaban J connectivity index is 1.49. The highest BCUT2D eigenvalue weighted by molar-refractivity contribution is 7.13. The number of benzene rings is 2. The van der Waals surface area contributed by atoms with Crippen LogP contribution in [0.2, 0.25) is 0 Å². The lowest BCUT2D eigenvalue weighted by Gasteiger charge is -2.54. The van der Waals surface area contributed by atoms with Gasteiger partial charge in [-0.25, -0.2) is 0 Å². The van der Waals surface area contributed by atoms with Crippen LogP contribution in [0.25, 0.3) is 0 Å². The number of thiophene rings is 1. The van der Waals surface area contributed by atoms with Crippen molar-refractivity contribution in [3.05, 3.63) is 88.3 Å². The first-order valence-corrected chi connectivity index (χ1v) is 12.3. The zero-order valence-corrected chi connectivity index (χ0v) is 19.3. The van der Waals surface area contributed by atoms with Crippen LogP contribution < -0.4 is 10.1 Å². The Morgan fingerprint density at radius 1 is 1.00 bits per heavy atom. The highest BCUT2D eigenvalue weighted by Crippen LogP contribution is 2.42. The van der Waals surface area contributed by atoms with Crippen molar-refractivity contribution in [2.24, 2.45) is 5.92 Å². The molecule has 31 heavy (non-hydrogen) atoms. The number of aryl methyl sites for hydroxylation is 1. The molecule has 3 aliphatic heterocycles. The average molecular weight is 433 g/mol. The summed E-state index contributed by atoms with van der Waals surface area (Å²) in [7, 11) is 1.78. The maximum absolute atomic E-state index is 5.65. The molecule has 4 heterocycles. The van der Waals surface area contributed by atoms with Crippen LogP contribution in [0.4, 0.5) is 0 Å². The molecular weight excluding hydrogens is 400 g/mol. The minimum Gasteiger partial charge on any atom is -0.487 e. The van der Waals surface area contributed by atoms with Gasteiger partial charge in [0.1, 0.15) is 0 Å². The van der Waals surface area contributed by atoms with Gasteiger partial charge >= 0.3 is 0 Å². The first-order chi connectivity index (χ1) is 15.2. The van der Waals surface area contributed by atoms with Crippen molar-refractivity contribution < 1.29 is 4.74 Å². The number of hydrogen-bond acceptors (Lipinski definition) is 4. The fraction of sp³-hybridized carbons (Fsp3) is 0.407. The molecule has 162 valence electrons. The molecule has 2 atom stereocenters. The third kappa shape index (κ3) is 4.17. The summed E-state index contributed by atoms with van der Waals surface area (Å²) in [5.41, 5.74) is 4.13. The second-order valence-corrected chi connectivity index (χ2v) is 10.2. The van der Waals surface area contributed by atoms with Crippen LogP contribution in [0.15, 0.2) is 66.7 Å². The summed E-state index contributed by atoms with van der Waals surface area (Å²) < 4.78 is 5.65. The SMILES string of the molecule is COc1sc(C)cc1CN[C@H]1C2CCN(CC2)[C@H]1C(c1ccccc1)c1ccccc1. The molecule has 0 radical (unpaired) electrons. The average Bonchev–Trinajstić information content (AvgIpc) is 3.20. The van der Waals surface area contributed by atoms with Crippen molar-refractivity contribution in [2.45, 2.75) is 44.3 Å². The second kappa shape index (κ2) is 9.15. The fourth-order valence-electron chi connectivity index (χ4n) is 5.77. The van der Waals surface area contributed by atoms with Crippen molar-refractivity contribution in [3.8, 4) is 5.06 Å². The molecule has 2 aromatic carbocycles. The first kappa shape index (κ1) is 20.7. The summed E-state index contributed by atoms with van der Waals surface area (Å²) >= 11 is 1.74. The van der Waals surface area contributed by atoms with Gasteiger partial charge in [0.05, 0.1) is 7.11 Å². The lowest BCUT2D eigenvalue weighted by atomic mass is 9.70.